The lowest BCUT2D eigenvalue weighted by Gasteiger charge is -2.19. The molecule has 0 radical (unpaired) electrons. The van der Waals surface area contributed by atoms with Crippen LogP contribution in [-0.2, 0) is 6.42 Å². The van der Waals surface area contributed by atoms with Crippen molar-refractivity contribution in [2.45, 2.75) is 39.7 Å². The van der Waals surface area contributed by atoms with Crippen LogP contribution < -0.4 is 5.32 Å². The summed E-state index contributed by atoms with van der Waals surface area (Å²) in [6, 6.07) is 11.1. The number of nitrogens with one attached hydrogen (secondary N) is 1. The van der Waals surface area contributed by atoms with Crippen LogP contribution in [0.1, 0.15) is 41.8 Å². The molecule has 1 heterocycles. The number of hydrogen-bond donors (Lipinski definition) is 1. The van der Waals surface area contributed by atoms with Crippen LogP contribution in [0, 0.1) is 13.8 Å². The summed E-state index contributed by atoms with van der Waals surface area (Å²) in [5.41, 5.74) is 3.98. The molecule has 0 aliphatic heterocycles. The average Bonchev–Trinajstić information content (AvgIpc) is 2.86. The summed E-state index contributed by atoms with van der Waals surface area (Å²) in [6.45, 7) is 7.53. The molecule has 2 nitrogen and oxygen atoms in total. The summed E-state index contributed by atoms with van der Waals surface area (Å²) in [4.78, 5) is 0. The predicted octanol–water partition coefficient (Wildman–Crippen LogP) is 4.18. The Kier molecular flexibility index (Phi) is 4.80. The second-order valence-electron chi connectivity index (χ2n) is 5.21. The van der Waals surface area contributed by atoms with Gasteiger partial charge in [0, 0.05) is 12.5 Å². The van der Waals surface area contributed by atoms with Crippen LogP contribution in [0.5, 0.6) is 0 Å². The van der Waals surface area contributed by atoms with Crippen molar-refractivity contribution in [1.82, 2.24) is 5.32 Å². The molecule has 2 aromatic rings. The van der Waals surface area contributed by atoms with Gasteiger partial charge in [-0.25, -0.2) is 0 Å². The van der Waals surface area contributed by atoms with E-state index in [1.165, 1.54) is 16.7 Å². The van der Waals surface area contributed by atoms with E-state index in [4.69, 9.17) is 4.42 Å². The Morgan fingerprint density at radius 2 is 1.89 bits per heavy atom. The molecule has 0 saturated heterocycles. The number of aryl methyl sites for hydroxylation is 2. The topological polar surface area (TPSA) is 25.2 Å². The first-order valence-electron chi connectivity index (χ1n) is 7.03. The highest BCUT2D eigenvalue weighted by atomic mass is 16.3. The first-order valence-corrected chi connectivity index (χ1v) is 7.03. The van der Waals surface area contributed by atoms with Gasteiger partial charge in [0.15, 0.2) is 0 Å². The standard InChI is InChI=1S/C17H23NO/c1-4-7-18-17(12-16-6-5-8-19-16)15-10-13(2)9-14(3)11-15/h5-6,8-11,17-18H,4,7,12H2,1-3H3. The van der Waals surface area contributed by atoms with Crippen LogP contribution in [0.3, 0.4) is 0 Å². The van der Waals surface area contributed by atoms with E-state index >= 15 is 0 Å². The number of hydrogen-bond acceptors (Lipinski definition) is 2. The van der Waals surface area contributed by atoms with Crippen molar-refractivity contribution in [3.63, 3.8) is 0 Å². The van der Waals surface area contributed by atoms with Gasteiger partial charge in [-0.1, -0.05) is 36.2 Å². The third-order valence-corrected chi connectivity index (χ3v) is 3.27. The smallest absolute Gasteiger partial charge is 0.105 e. The molecule has 2 rings (SSSR count). The zero-order valence-corrected chi connectivity index (χ0v) is 12.1. The van der Waals surface area contributed by atoms with Gasteiger partial charge in [0.25, 0.3) is 0 Å². The highest BCUT2D eigenvalue weighted by molar-refractivity contribution is 5.31. The van der Waals surface area contributed by atoms with E-state index in [1.54, 1.807) is 6.26 Å². The third kappa shape index (κ3) is 3.97. The molecule has 2 heteroatoms. The molecule has 0 aliphatic carbocycles. The quantitative estimate of drug-likeness (QED) is 0.839. The van der Waals surface area contributed by atoms with Crippen LogP contribution in [0.25, 0.3) is 0 Å². The summed E-state index contributed by atoms with van der Waals surface area (Å²) in [6.07, 6.45) is 3.78. The van der Waals surface area contributed by atoms with Gasteiger partial charge in [0.1, 0.15) is 5.76 Å². The molecule has 0 spiro atoms. The molecule has 1 aromatic carbocycles. The van der Waals surface area contributed by atoms with Crippen molar-refractivity contribution in [3.05, 3.63) is 59.0 Å². The molecule has 102 valence electrons. The van der Waals surface area contributed by atoms with Gasteiger partial charge in [0.05, 0.1) is 6.26 Å². The SMILES string of the molecule is CCCNC(Cc1ccco1)c1cc(C)cc(C)c1. The third-order valence-electron chi connectivity index (χ3n) is 3.27. The van der Waals surface area contributed by atoms with Gasteiger partial charge >= 0.3 is 0 Å². The molecule has 0 saturated carbocycles. The van der Waals surface area contributed by atoms with E-state index in [9.17, 15) is 0 Å². The molecular weight excluding hydrogens is 234 g/mol. The van der Waals surface area contributed by atoms with E-state index < -0.39 is 0 Å². The molecule has 1 aromatic heterocycles. The van der Waals surface area contributed by atoms with Gasteiger partial charge < -0.3 is 9.73 Å². The van der Waals surface area contributed by atoms with Crippen molar-refractivity contribution in [1.29, 1.82) is 0 Å². The molecule has 1 atom stereocenters. The maximum atomic E-state index is 5.49. The minimum absolute atomic E-state index is 0.324. The molecule has 1 unspecified atom stereocenters. The Morgan fingerprint density at radius 3 is 2.47 bits per heavy atom. The lowest BCUT2D eigenvalue weighted by Crippen LogP contribution is -2.24. The van der Waals surface area contributed by atoms with E-state index in [0.29, 0.717) is 6.04 Å². The monoisotopic (exact) mass is 257 g/mol. The van der Waals surface area contributed by atoms with E-state index in [0.717, 1.165) is 25.1 Å². The first kappa shape index (κ1) is 13.9. The van der Waals surface area contributed by atoms with E-state index in [-0.39, 0.29) is 0 Å². The molecule has 0 bridgehead atoms. The lowest BCUT2D eigenvalue weighted by molar-refractivity contribution is 0.449. The molecular formula is C17H23NO. The van der Waals surface area contributed by atoms with Gasteiger partial charge in [-0.05, 0) is 44.5 Å². The Hall–Kier alpha value is -1.54. The summed E-state index contributed by atoms with van der Waals surface area (Å²) in [7, 11) is 0. The van der Waals surface area contributed by atoms with Crippen molar-refractivity contribution >= 4 is 0 Å². The fourth-order valence-corrected chi connectivity index (χ4v) is 2.47. The van der Waals surface area contributed by atoms with E-state index in [2.05, 4.69) is 44.3 Å². The van der Waals surface area contributed by atoms with E-state index in [1.807, 2.05) is 12.1 Å². The lowest BCUT2D eigenvalue weighted by atomic mass is 9.98. The van der Waals surface area contributed by atoms with Crippen molar-refractivity contribution in [2.75, 3.05) is 6.54 Å². The molecule has 0 fully saturated rings. The zero-order chi connectivity index (χ0) is 13.7. The van der Waals surface area contributed by atoms with Crippen LogP contribution >= 0.6 is 0 Å². The van der Waals surface area contributed by atoms with Crippen LogP contribution in [0.4, 0.5) is 0 Å². The first-order chi connectivity index (χ1) is 9.19. The maximum Gasteiger partial charge on any atom is 0.105 e. The van der Waals surface area contributed by atoms with Gasteiger partial charge in [-0.3, -0.25) is 0 Å². The summed E-state index contributed by atoms with van der Waals surface area (Å²) in [5, 5.41) is 3.62. The highest BCUT2D eigenvalue weighted by Crippen LogP contribution is 2.21. The summed E-state index contributed by atoms with van der Waals surface area (Å²) >= 11 is 0. The molecule has 0 aliphatic rings. The van der Waals surface area contributed by atoms with Crippen LogP contribution in [-0.4, -0.2) is 6.54 Å². The average molecular weight is 257 g/mol. The fraction of sp³-hybridized carbons (Fsp3) is 0.412. The Balaban J connectivity index is 2.20. The Morgan fingerprint density at radius 1 is 1.16 bits per heavy atom. The van der Waals surface area contributed by atoms with Crippen LogP contribution in [0.2, 0.25) is 0 Å². The number of rotatable bonds is 6. The zero-order valence-electron chi connectivity index (χ0n) is 12.1. The van der Waals surface area contributed by atoms with Crippen molar-refractivity contribution in [3.8, 4) is 0 Å². The number of furan rings is 1. The summed E-state index contributed by atoms with van der Waals surface area (Å²) in [5.74, 6) is 1.03. The second kappa shape index (κ2) is 6.58. The Bertz CT molecular complexity index is 482. The molecule has 0 amide bonds. The molecule has 19 heavy (non-hydrogen) atoms. The van der Waals surface area contributed by atoms with Gasteiger partial charge in [0.2, 0.25) is 0 Å². The molecule has 1 N–H and O–H groups in total. The number of benzene rings is 1. The van der Waals surface area contributed by atoms with Crippen LogP contribution in [0.15, 0.2) is 41.0 Å². The largest absolute Gasteiger partial charge is 0.469 e. The fourth-order valence-electron chi connectivity index (χ4n) is 2.47. The Labute approximate surface area is 115 Å². The van der Waals surface area contributed by atoms with Crippen molar-refractivity contribution < 1.29 is 4.42 Å². The predicted molar refractivity (Wildman–Crippen MR) is 79.4 cm³/mol. The summed E-state index contributed by atoms with van der Waals surface area (Å²) < 4.78 is 5.49. The maximum absolute atomic E-state index is 5.49. The minimum Gasteiger partial charge on any atom is -0.469 e. The highest BCUT2D eigenvalue weighted by Gasteiger charge is 2.13. The van der Waals surface area contributed by atoms with Gasteiger partial charge in [-0.2, -0.15) is 0 Å². The normalized spacial score (nSPS) is 12.6. The van der Waals surface area contributed by atoms with Crippen molar-refractivity contribution in [2.24, 2.45) is 0 Å². The second-order valence-corrected chi connectivity index (χ2v) is 5.21. The van der Waals surface area contributed by atoms with Gasteiger partial charge in [-0.15, -0.1) is 0 Å². The minimum atomic E-state index is 0.324.